The van der Waals surface area contributed by atoms with Gasteiger partial charge in [-0.3, -0.25) is 4.79 Å². The van der Waals surface area contributed by atoms with E-state index >= 15 is 0 Å². The number of benzene rings is 2. The van der Waals surface area contributed by atoms with Gasteiger partial charge in [0.05, 0.1) is 11.2 Å². The van der Waals surface area contributed by atoms with Crippen molar-refractivity contribution in [2.24, 2.45) is 5.73 Å². The highest BCUT2D eigenvalue weighted by Gasteiger charge is 2.40. The van der Waals surface area contributed by atoms with E-state index in [0.29, 0.717) is 15.8 Å². The number of carbonyl (C=O) groups excluding carboxylic acids is 1. The average molecular weight is 425 g/mol. The molecule has 0 aliphatic heterocycles. The van der Waals surface area contributed by atoms with Gasteiger partial charge in [-0.2, -0.15) is 18.3 Å². The third-order valence-corrected chi connectivity index (χ3v) is 5.07. The fourth-order valence-corrected chi connectivity index (χ4v) is 3.36. The Bertz CT molecular complexity index is 1280. The van der Waals surface area contributed by atoms with Gasteiger partial charge in [-0.05, 0) is 19.1 Å². The molecule has 0 fully saturated rings. The molecule has 4 rings (SSSR count). The highest BCUT2D eigenvalue weighted by Crippen LogP contribution is 2.36. The smallest absolute Gasteiger partial charge is 0.383 e. The molecular weight excluding hydrogens is 407 g/mol. The second kappa shape index (κ2) is 7.42. The number of aromatic nitrogens is 3. The van der Waals surface area contributed by atoms with E-state index in [4.69, 9.17) is 11.5 Å². The van der Waals surface area contributed by atoms with Crippen LogP contribution >= 0.6 is 0 Å². The van der Waals surface area contributed by atoms with Gasteiger partial charge in [0.25, 0.3) is 5.91 Å². The molecule has 0 saturated heterocycles. The van der Waals surface area contributed by atoms with Crippen molar-refractivity contribution in [1.29, 1.82) is 0 Å². The van der Waals surface area contributed by atoms with E-state index in [0.717, 1.165) is 23.6 Å². The van der Waals surface area contributed by atoms with E-state index in [9.17, 15) is 18.0 Å². The summed E-state index contributed by atoms with van der Waals surface area (Å²) < 4.78 is 40.3. The maximum atomic E-state index is 13.2. The number of primary amides is 1. The molecule has 6 nitrogen and oxygen atoms in total. The summed E-state index contributed by atoms with van der Waals surface area (Å²) in [4.78, 5) is 16.6. The van der Waals surface area contributed by atoms with Crippen LogP contribution in [0.25, 0.3) is 33.4 Å². The van der Waals surface area contributed by atoms with Crippen molar-refractivity contribution in [2.75, 3.05) is 5.73 Å². The standard InChI is InChI=1S/C22H18F3N5O/c1-12(22(23,24)25)30-20(26)18(21(27)31)19(29-30)15-8-7-14-9-10-16(28-17(14)11-15)13-5-3-2-4-6-13/h2-12H,26H2,1H3,(H2,27,31)/t12-/m0/s1. The molecule has 9 heteroatoms. The number of anilines is 1. The Morgan fingerprint density at radius 3 is 2.35 bits per heavy atom. The quantitative estimate of drug-likeness (QED) is 0.500. The Labute approximate surface area is 175 Å². The van der Waals surface area contributed by atoms with E-state index in [1.165, 1.54) is 0 Å². The van der Waals surface area contributed by atoms with Gasteiger partial charge in [0, 0.05) is 16.5 Å². The van der Waals surface area contributed by atoms with Crippen LogP contribution in [0.1, 0.15) is 23.3 Å². The summed E-state index contributed by atoms with van der Waals surface area (Å²) >= 11 is 0. The van der Waals surface area contributed by atoms with Crippen LogP contribution < -0.4 is 11.5 Å². The molecule has 0 radical (unpaired) electrons. The molecule has 1 amide bonds. The van der Waals surface area contributed by atoms with Gasteiger partial charge in [-0.1, -0.05) is 48.5 Å². The Balaban J connectivity index is 1.87. The predicted octanol–water partition coefficient (Wildman–Crippen LogP) is 4.57. The molecule has 0 unspecified atom stereocenters. The number of nitrogens with zero attached hydrogens (tertiary/aromatic N) is 3. The molecule has 4 aromatic rings. The summed E-state index contributed by atoms with van der Waals surface area (Å²) in [6.07, 6.45) is -4.60. The lowest BCUT2D eigenvalue weighted by molar-refractivity contribution is -0.164. The molecule has 2 aromatic carbocycles. The molecule has 0 spiro atoms. The summed E-state index contributed by atoms with van der Waals surface area (Å²) in [5.74, 6) is -1.39. The van der Waals surface area contributed by atoms with E-state index < -0.39 is 23.9 Å². The molecule has 4 N–H and O–H groups in total. The topological polar surface area (TPSA) is 99.8 Å². The van der Waals surface area contributed by atoms with Gasteiger partial charge < -0.3 is 11.5 Å². The number of pyridine rings is 1. The van der Waals surface area contributed by atoms with Gasteiger partial charge in [0.2, 0.25) is 0 Å². The van der Waals surface area contributed by atoms with Crippen molar-refractivity contribution in [2.45, 2.75) is 19.1 Å². The highest BCUT2D eigenvalue weighted by atomic mass is 19.4. The van der Waals surface area contributed by atoms with E-state index in [1.807, 2.05) is 42.5 Å². The molecule has 2 heterocycles. The first-order chi connectivity index (χ1) is 14.7. The van der Waals surface area contributed by atoms with Crippen LogP contribution in [0.2, 0.25) is 0 Å². The molecule has 0 aliphatic carbocycles. The number of carbonyl (C=O) groups is 1. The van der Waals surface area contributed by atoms with Crippen molar-refractivity contribution in [1.82, 2.24) is 14.8 Å². The summed E-state index contributed by atoms with van der Waals surface area (Å²) in [6, 6.07) is 16.3. The maximum Gasteiger partial charge on any atom is 0.410 e. The second-order valence-corrected chi connectivity index (χ2v) is 7.11. The molecule has 0 bridgehead atoms. The first kappa shape index (κ1) is 20.4. The number of amides is 1. The fourth-order valence-electron chi connectivity index (χ4n) is 3.36. The molecule has 0 aliphatic rings. The molecule has 0 saturated carbocycles. The van der Waals surface area contributed by atoms with Gasteiger partial charge >= 0.3 is 6.18 Å². The normalized spacial score (nSPS) is 12.8. The second-order valence-electron chi connectivity index (χ2n) is 7.11. The number of nitrogen functional groups attached to an aromatic ring is 1. The number of nitrogens with two attached hydrogens (primary N) is 2. The van der Waals surface area contributed by atoms with E-state index in [2.05, 4.69) is 10.1 Å². The minimum Gasteiger partial charge on any atom is -0.383 e. The zero-order valence-electron chi connectivity index (χ0n) is 16.4. The van der Waals surface area contributed by atoms with Gasteiger partial charge in [-0.15, -0.1) is 0 Å². The first-order valence-electron chi connectivity index (χ1n) is 9.38. The van der Waals surface area contributed by atoms with E-state index in [1.54, 1.807) is 18.2 Å². The Hall–Kier alpha value is -3.88. The lowest BCUT2D eigenvalue weighted by Gasteiger charge is -2.17. The summed E-state index contributed by atoms with van der Waals surface area (Å²) in [5, 5.41) is 4.82. The van der Waals surface area contributed by atoms with Crippen LogP contribution in [0.4, 0.5) is 19.0 Å². The van der Waals surface area contributed by atoms with Crippen LogP contribution in [0.15, 0.2) is 60.7 Å². The van der Waals surface area contributed by atoms with Crippen LogP contribution in [0.5, 0.6) is 0 Å². The van der Waals surface area contributed by atoms with Crippen LogP contribution in [0, 0.1) is 0 Å². The lowest BCUT2D eigenvalue weighted by atomic mass is 10.0. The van der Waals surface area contributed by atoms with Crippen molar-refractivity contribution >= 4 is 22.6 Å². The summed E-state index contributed by atoms with van der Waals surface area (Å²) in [7, 11) is 0. The Morgan fingerprint density at radius 1 is 1.03 bits per heavy atom. The van der Waals surface area contributed by atoms with Crippen molar-refractivity contribution < 1.29 is 18.0 Å². The maximum absolute atomic E-state index is 13.2. The molecule has 31 heavy (non-hydrogen) atoms. The minimum absolute atomic E-state index is 0.0186. The Kier molecular flexibility index (Phi) is 4.88. The number of halogens is 3. The summed E-state index contributed by atoms with van der Waals surface area (Å²) in [5.41, 5.74) is 13.6. The van der Waals surface area contributed by atoms with Crippen molar-refractivity contribution in [3.63, 3.8) is 0 Å². The monoisotopic (exact) mass is 425 g/mol. The van der Waals surface area contributed by atoms with Crippen molar-refractivity contribution in [3.05, 3.63) is 66.2 Å². The third-order valence-electron chi connectivity index (χ3n) is 5.07. The zero-order chi connectivity index (χ0) is 22.3. The number of hydrogen-bond donors (Lipinski definition) is 2. The van der Waals surface area contributed by atoms with Gasteiger partial charge in [0.15, 0.2) is 0 Å². The van der Waals surface area contributed by atoms with Gasteiger partial charge in [0.1, 0.15) is 23.1 Å². The lowest BCUT2D eigenvalue weighted by Crippen LogP contribution is -2.26. The summed E-state index contributed by atoms with van der Waals surface area (Å²) in [6.45, 7) is 0.909. The van der Waals surface area contributed by atoms with Crippen LogP contribution in [-0.2, 0) is 0 Å². The largest absolute Gasteiger partial charge is 0.410 e. The minimum atomic E-state index is -4.60. The van der Waals surface area contributed by atoms with Crippen LogP contribution in [-0.4, -0.2) is 26.8 Å². The fraction of sp³-hybridized carbons (Fsp3) is 0.136. The van der Waals surface area contributed by atoms with Gasteiger partial charge in [-0.25, -0.2) is 9.67 Å². The molecule has 1 atom stereocenters. The molecular formula is C22H18F3N5O. The Morgan fingerprint density at radius 2 is 1.71 bits per heavy atom. The first-order valence-corrected chi connectivity index (χ1v) is 9.38. The predicted molar refractivity (Wildman–Crippen MR) is 112 cm³/mol. The SMILES string of the molecule is C[C@H](n1nc(-c2ccc3ccc(-c4ccccc4)nc3c2)c(C(N)=O)c1N)C(F)(F)F. The number of rotatable bonds is 4. The molecule has 158 valence electrons. The molecule has 2 aromatic heterocycles. The zero-order valence-corrected chi connectivity index (χ0v) is 16.4. The number of alkyl halides is 3. The van der Waals surface area contributed by atoms with Crippen LogP contribution in [0.3, 0.4) is 0 Å². The third kappa shape index (κ3) is 3.70. The van der Waals surface area contributed by atoms with Crippen molar-refractivity contribution in [3.8, 4) is 22.5 Å². The van der Waals surface area contributed by atoms with E-state index in [-0.39, 0.29) is 11.3 Å². The highest BCUT2D eigenvalue weighted by molar-refractivity contribution is 6.04. The number of fused-ring (bicyclic) bond motifs is 1. The average Bonchev–Trinajstić information content (AvgIpc) is 3.09. The number of hydrogen-bond acceptors (Lipinski definition) is 4.